The third-order valence-corrected chi connectivity index (χ3v) is 3.89. The first-order valence-corrected chi connectivity index (χ1v) is 7.91. The number of nitrogens with one attached hydrogen (secondary N) is 2. The first-order chi connectivity index (χ1) is 10.2. The number of anilines is 2. The Labute approximate surface area is 126 Å². The topological polar surface area (TPSA) is 70.1 Å². The molecule has 0 saturated heterocycles. The van der Waals surface area contributed by atoms with E-state index in [-0.39, 0.29) is 6.10 Å². The molecule has 5 heteroatoms. The SMILES string of the molecule is C=Cc1cnc(NCCCC)nc1NC1CCC(O)CC1. The largest absolute Gasteiger partial charge is 0.393 e. The van der Waals surface area contributed by atoms with Crippen molar-refractivity contribution in [3.63, 3.8) is 0 Å². The fraction of sp³-hybridized carbons (Fsp3) is 0.625. The molecule has 1 aromatic heterocycles. The third-order valence-electron chi connectivity index (χ3n) is 3.89. The number of rotatable bonds is 7. The maximum absolute atomic E-state index is 9.58. The van der Waals surface area contributed by atoms with Crippen LogP contribution in [0.4, 0.5) is 11.8 Å². The summed E-state index contributed by atoms with van der Waals surface area (Å²) in [4.78, 5) is 8.88. The second kappa shape index (κ2) is 7.98. The van der Waals surface area contributed by atoms with Gasteiger partial charge in [0.05, 0.1) is 6.10 Å². The molecule has 0 spiro atoms. The molecule has 116 valence electrons. The highest BCUT2D eigenvalue weighted by molar-refractivity contribution is 5.62. The Morgan fingerprint density at radius 3 is 2.81 bits per heavy atom. The molecular weight excluding hydrogens is 264 g/mol. The van der Waals surface area contributed by atoms with Gasteiger partial charge in [0.1, 0.15) is 5.82 Å². The second-order valence-corrected chi connectivity index (χ2v) is 5.63. The zero-order valence-electron chi connectivity index (χ0n) is 12.8. The van der Waals surface area contributed by atoms with Crippen LogP contribution in [0.15, 0.2) is 12.8 Å². The highest BCUT2D eigenvalue weighted by atomic mass is 16.3. The van der Waals surface area contributed by atoms with Crippen molar-refractivity contribution in [2.45, 2.75) is 57.6 Å². The lowest BCUT2D eigenvalue weighted by Crippen LogP contribution is -2.29. The molecule has 21 heavy (non-hydrogen) atoms. The summed E-state index contributed by atoms with van der Waals surface area (Å²) in [5.41, 5.74) is 0.919. The van der Waals surface area contributed by atoms with E-state index < -0.39 is 0 Å². The lowest BCUT2D eigenvalue weighted by molar-refractivity contribution is 0.126. The van der Waals surface area contributed by atoms with E-state index in [0.29, 0.717) is 12.0 Å². The molecule has 0 radical (unpaired) electrons. The fourth-order valence-corrected chi connectivity index (χ4v) is 2.53. The first-order valence-electron chi connectivity index (χ1n) is 7.91. The van der Waals surface area contributed by atoms with Crippen LogP contribution in [0.1, 0.15) is 51.0 Å². The van der Waals surface area contributed by atoms with Gasteiger partial charge in [0.25, 0.3) is 0 Å². The summed E-state index contributed by atoms with van der Waals surface area (Å²) in [5, 5.41) is 16.3. The standard InChI is InChI=1S/C16H26N4O/c1-3-5-10-17-16-18-11-12(4-2)15(20-16)19-13-6-8-14(21)9-7-13/h4,11,13-14,21H,2-3,5-10H2,1H3,(H2,17,18,19,20). The molecule has 1 aliphatic carbocycles. The fourth-order valence-electron chi connectivity index (χ4n) is 2.53. The van der Waals surface area contributed by atoms with E-state index >= 15 is 0 Å². The van der Waals surface area contributed by atoms with Gasteiger partial charge in [-0.2, -0.15) is 4.98 Å². The summed E-state index contributed by atoms with van der Waals surface area (Å²) in [7, 11) is 0. The van der Waals surface area contributed by atoms with Gasteiger partial charge in [-0.1, -0.05) is 26.0 Å². The van der Waals surface area contributed by atoms with Crippen molar-refractivity contribution in [2.24, 2.45) is 0 Å². The zero-order chi connectivity index (χ0) is 15.1. The van der Waals surface area contributed by atoms with E-state index in [0.717, 1.165) is 56.5 Å². The van der Waals surface area contributed by atoms with E-state index in [2.05, 4.69) is 34.1 Å². The minimum absolute atomic E-state index is 0.140. The molecule has 3 N–H and O–H groups in total. The van der Waals surface area contributed by atoms with E-state index in [1.54, 1.807) is 12.3 Å². The van der Waals surface area contributed by atoms with Crippen LogP contribution in [0.25, 0.3) is 6.08 Å². The van der Waals surface area contributed by atoms with Gasteiger partial charge in [0.2, 0.25) is 5.95 Å². The van der Waals surface area contributed by atoms with Crippen LogP contribution in [-0.4, -0.2) is 33.8 Å². The molecular formula is C16H26N4O. The van der Waals surface area contributed by atoms with Gasteiger partial charge in [0, 0.05) is 24.3 Å². The summed E-state index contributed by atoms with van der Waals surface area (Å²) in [5.74, 6) is 1.49. The smallest absolute Gasteiger partial charge is 0.224 e. The minimum atomic E-state index is -0.140. The zero-order valence-corrected chi connectivity index (χ0v) is 12.8. The van der Waals surface area contributed by atoms with Gasteiger partial charge in [-0.25, -0.2) is 4.98 Å². The summed E-state index contributed by atoms with van der Waals surface area (Å²) in [6.07, 6.45) is 9.34. The second-order valence-electron chi connectivity index (χ2n) is 5.63. The number of aromatic nitrogens is 2. The van der Waals surface area contributed by atoms with E-state index in [4.69, 9.17) is 0 Å². The van der Waals surface area contributed by atoms with Crippen molar-refractivity contribution in [1.82, 2.24) is 9.97 Å². The Morgan fingerprint density at radius 1 is 1.38 bits per heavy atom. The molecule has 1 aromatic rings. The lowest BCUT2D eigenvalue weighted by atomic mass is 9.93. The van der Waals surface area contributed by atoms with Crippen molar-refractivity contribution >= 4 is 17.8 Å². The Hall–Kier alpha value is -1.62. The Kier molecular flexibility index (Phi) is 5.99. The molecule has 2 rings (SSSR count). The van der Waals surface area contributed by atoms with Crippen LogP contribution in [0.5, 0.6) is 0 Å². The van der Waals surface area contributed by atoms with Gasteiger partial charge >= 0.3 is 0 Å². The van der Waals surface area contributed by atoms with Gasteiger partial charge in [-0.15, -0.1) is 0 Å². The van der Waals surface area contributed by atoms with Gasteiger partial charge in [0.15, 0.2) is 0 Å². The number of nitrogens with zero attached hydrogens (tertiary/aromatic N) is 2. The predicted molar refractivity (Wildman–Crippen MR) is 87.4 cm³/mol. The summed E-state index contributed by atoms with van der Waals surface area (Å²) in [6, 6.07) is 0.366. The van der Waals surface area contributed by atoms with E-state index in [9.17, 15) is 5.11 Å². The molecule has 0 aliphatic heterocycles. The monoisotopic (exact) mass is 290 g/mol. The lowest BCUT2D eigenvalue weighted by Gasteiger charge is -2.27. The average molecular weight is 290 g/mol. The quantitative estimate of drug-likeness (QED) is 0.673. The molecule has 1 saturated carbocycles. The van der Waals surface area contributed by atoms with Gasteiger partial charge < -0.3 is 15.7 Å². The van der Waals surface area contributed by atoms with Crippen molar-refractivity contribution < 1.29 is 5.11 Å². The van der Waals surface area contributed by atoms with Crippen molar-refractivity contribution in [3.05, 3.63) is 18.3 Å². The molecule has 1 aliphatic rings. The Balaban J connectivity index is 2.01. The minimum Gasteiger partial charge on any atom is -0.393 e. The normalized spacial score (nSPS) is 21.8. The highest BCUT2D eigenvalue weighted by Gasteiger charge is 2.20. The summed E-state index contributed by atoms with van der Waals surface area (Å²) in [6.45, 7) is 6.87. The maximum atomic E-state index is 9.58. The molecule has 0 bridgehead atoms. The van der Waals surface area contributed by atoms with E-state index in [1.807, 2.05) is 0 Å². The van der Waals surface area contributed by atoms with Crippen molar-refractivity contribution in [1.29, 1.82) is 0 Å². The third kappa shape index (κ3) is 4.70. The van der Waals surface area contributed by atoms with E-state index in [1.165, 1.54) is 0 Å². The van der Waals surface area contributed by atoms with Crippen LogP contribution in [0.3, 0.4) is 0 Å². The van der Waals surface area contributed by atoms with Crippen LogP contribution < -0.4 is 10.6 Å². The predicted octanol–water partition coefficient (Wildman–Crippen LogP) is 3.05. The Morgan fingerprint density at radius 2 is 2.14 bits per heavy atom. The van der Waals surface area contributed by atoms with Gasteiger partial charge in [-0.3, -0.25) is 0 Å². The average Bonchev–Trinajstić information content (AvgIpc) is 2.50. The van der Waals surface area contributed by atoms with Crippen LogP contribution >= 0.6 is 0 Å². The van der Waals surface area contributed by atoms with Gasteiger partial charge in [-0.05, 0) is 32.1 Å². The van der Waals surface area contributed by atoms with Crippen molar-refractivity contribution in [2.75, 3.05) is 17.2 Å². The molecule has 0 atom stereocenters. The summed E-state index contributed by atoms with van der Waals surface area (Å²) < 4.78 is 0. The molecule has 1 heterocycles. The molecule has 5 nitrogen and oxygen atoms in total. The molecule has 0 amide bonds. The summed E-state index contributed by atoms with van der Waals surface area (Å²) >= 11 is 0. The Bertz CT molecular complexity index is 456. The maximum Gasteiger partial charge on any atom is 0.224 e. The number of hydrogen-bond donors (Lipinski definition) is 3. The number of unbranched alkanes of at least 4 members (excludes halogenated alkanes) is 1. The molecule has 0 aromatic carbocycles. The molecule has 1 fully saturated rings. The highest BCUT2D eigenvalue weighted by Crippen LogP contribution is 2.24. The van der Waals surface area contributed by atoms with Crippen LogP contribution in [0, 0.1) is 0 Å². The number of hydrogen-bond acceptors (Lipinski definition) is 5. The van der Waals surface area contributed by atoms with Crippen molar-refractivity contribution in [3.8, 4) is 0 Å². The van der Waals surface area contributed by atoms with Crippen LogP contribution in [0.2, 0.25) is 0 Å². The van der Waals surface area contributed by atoms with Crippen LogP contribution in [-0.2, 0) is 0 Å². The number of aliphatic hydroxyl groups is 1. The molecule has 0 unspecified atom stereocenters. The number of aliphatic hydroxyl groups excluding tert-OH is 1. The first kappa shape index (κ1) is 15.8.